The van der Waals surface area contributed by atoms with Crippen LogP contribution in [0.4, 0.5) is 0 Å². The SMILES string of the molecule is CCCCCCc1ccc(S(N)(=O)=O)cc1. The summed E-state index contributed by atoms with van der Waals surface area (Å²) < 4.78 is 22.0. The fraction of sp³-hybridized carbons (Fsp3) is 0.500. The fourth-order valence-electron chi connectivity index (χ4n) is 1.60. The van der Waals surface area contributed by atoms with E-state index in [-0.39, 0.29) is 4.90 Å². The average molecular weight is 241 g/mol. The van der Waals surface area contributed by atoms with Crippen molar-refractivity contribution in [2.45, 2.75) is 43.9 Å². The maximum atomic E-state index is 11.0. The number of primary sulfonamides is 1. The molecule has 0 atom stereocenters. The largest absolute Gasteiger partial charge is 0.238 e. The molecule has 0 spiro atoms. The second-order valence-corrected chi connectivity index (χ2v) is 5.56. The maximum Gasteiger partial charge on any atom is 0.238 e. The standard InChI is InChI=1S/C12H19NO2S/c1-2-3-4-5-6-11-7-9-12(10-8-11)16(13,14)15/h7-10H,2-6H2,1H3,(H2,13,14,15). The summed E-state index contributed by atoms with van der Waals surface area (Å²) >= 11 is 0. The number of rotatable bonds is 6. The van der Waals surface area contributed by atoms with Crippen LogP contribution >= 0.6 is 0 Å². The molecule has 0 saturated carbocycles. The molecule has 0 radical (unpaired) electrons. The topological polar surface area (TPSA) is 60.2 Å². The number of hydrogen-bond acceptors (Lipinski definition) is 2. The summed E-state index contributed by atoms with van der Waals surface area (Å²) in [5.74, 6) is 0. The van der Waals surface area contributed by atoms with Crippen LogP contribution < -0.4 is 5.14 Å². The Morgan fingerprint density at radius 1 is 1.06 bits per heavy atom. The summed E-state index contributed by atoms with van der Waals surface area (Å²) in [6.07, 6.45) is 5.88. The number of benzene rings is 1. The zero-order valence-electron chi connectivity index (χ0n) is 9.65. The molecule has 90 valence electrons. The third-order valence-electron chi connectivity index (χ3n) is 2.57. The second kappa shape index (κ2) is 6.01. The lowest BCUT2D eigenvalue weighted by Gasteiger charge is -2.02. The van der Waals surface area contributed by atoms with Gasteiger partial charge in [-0.25, -0.2) is 13.6 Å². The molecule has 1 aromatic carbocycles. The van der Waals surface area contributed by atoms with Gasteiger partial charge >= 0.3 is 0 Å². The summed E-state index contributed by atoms with van der Waals surface area (Å²) in [5, 5.41) is 5.02. The Morgan fingerprint density at radius 3 is 2.19 bits per heavy atom. The highest BCUT2D eigenvalue weighted by Crippen LogP contribution is 2.11. The quantitative estimate of drug-likeness (QED) is 0.778. The number of sulfonamides is 1. The van der Waals surface area contributed by atoms with E-state index in [1.165, 1.54) is 24.8 Å². The molecule has 0 heterocycles. The summed E-state index contributed by atoms with van der Waals surface area (Å²) in [5.41, 5.74) is 1.17. The van der Waals surface area contributed by atoms with Crippen molar-refractivity contribution < 1.29 is 8.42 Å². The lowest BCUT2D eigenvalue weighted by atomic mass is 10.1. The number of aryl methyl sites for hydroxylation is 1. The Balaban J connectivity index is 2.52. The van der Waals surface area contributed by atoms with Crippen molar-refractivity contribution in [2.24, 2.45) is 5.14 Å². The van der Waals surface area contributed by atoms with Crippen molar-refractivity contribution in [2.75, 3.05) is 0 Å². The molecule has 3 nitrogen and oxygen atoms in total. The molecule has 0 fully saturated rings. The smallest absolute Gasteiger partial charge is 0.225 e. The minimum absolute atomic E-state index is 0.185. The summed E-state index contributed by atoms with van der Waals surface area (Å²) in [6.45, 7) is 2.18. The Bertz CT molecular complexity index is 409. The predicted molar refractivity (Wildman–Crippen MR) is 65.7 cm³/mol. The van der Waals surface area contributed by atoms with Crippen molar-refractivity contribution in [1.29, 1.82) is 0 Å². The third kappa shape index (κ3) is 4.33. The Morgan fingerprint density at radius 2 is 1.69 bits per heavy atom. The minimum Gasteiger partial charge on any atom is -0.225 e. The van der Waals surface area contributed by atoms with Crippen LogP contribution in [-0.4, -0.2) is 8.42 Å². The first-order valence-corrected chi connectivity index (χ1v) is 7.20. The molecule has 0 aliphatic heterocycles. The van der Waals surface area contributed by atoms with Crippen LogP contribution in [0.2, 0.25) is 0 Å². The van der Waals surface area contributed by atoms with Crippen LogP contribution in [0.1, 0.15) is 38.2 Å². The van der Waals surface area contributed by atoms with Gasteiger partial charge in [0, 0.05) is 0 Å². The highest BCUT2D eigenvalue weighted by atomic mass is 32.2. The van der Waals surface area contributed by atoms with Gasteiger partial charge in [-0.3, -0.25) is 0 Å². The highest BCUT2D eigenvalue weighted by Gasteiger charge is 2.06. The van der Waals surface area contributed by atoms with Gasteiger partial charge < -0.3 is 0 Å². The van der Waals surface area contributed by atoms with Gasteiger partial charge in [0.05, 0.1) is 4.90 Å². The van der Waals surface area contributed by atoms with Crippen LogP contribution in [0, 0.1) is 0 Å². The molecule has 1 aromatic rings. The molecule has 0 aromatic heterocycles. The molecule has 0 aliphatic rings. The summed E-state index contributed by atoms with van der Waals surface area (Å²) in [6, 6.07) is 6.83. The fourth-order valence-corrected chi connectivity index (χ4v) is 2.12. The van der Waals surface area contributed by atoms with Gasteiger partial charge in [-0.15, -0.1) is 0 Å². The third-order valence-corrected chi connectivity index (χ3v) is 3.50. The van der Waals surface area contributed by atoms with Gasteiger partial charge in [0.2, 0.25) is 10.0 Å². The van der Waals surface area contributed by atoms with E-state index >= 15 is 0 Å². The van der Waals surface area contributed by atoms with E-state index in [0.29, 0.717) is 0 Å². The molecular formula is C12H19NO2S. The van der Waals surface area contributed by atoms with Gasteiger partial charge in [0.1, 0.15) is 0 Å². The van der Waals surface area contributed by atoms with Gasteiger partial charge in [-0.05, 0) is 30.5 Å². The molecule has 0 saturated heterocycles. The van der Waals surface area contributed by atoms with E-state index < -0.39 is 10.0 Å². The lowest BCUT2D eigenvalue weighted by molar-refractivity contribution is 0.597. The van der Waals surface area contributed by atoms with Gasteiger partial charge in [0.25, 0.3) is 0 Å². The first kappa shape index (κ1) is 13.2. The zero-order chi connectivity index (χ0) is 12.0. The van der Waals surface area contributed by atoms with Crippen LogP contribution in [0.5, 0.6) is 0 Å². The van der Waals surface area contributed by atoms with Crippen molar-refractivity contribution in [3.8, 4) is 0 Å². The molecule has 0 amide bonds. The van der Waals surface area contributed by atoms with E-state index in [1.807, 2.05) is 12.1 Å². The predicted octanol–water partition coefficient (Wildman–Crippen LogP) is 2.46. The molecule has 0 bridgehead atoms. The minimum atomic E-state index is -3.55. The van der Waals surface area contributed by atoms with Gasteiger partial charge in [0.15, 0.2) is 0 Å². The molecular weight excluding hydrogens is 222 g/mol. The summed E-state index contributed by atoms with van der Waals surface area (Å²) in [4.78, 5) is 0.185. The molecule has 1 rings (SSSR count). The van der Waals surface area contributed by atoms with Crippen molar-refractivity contribution in [3.05, 3.63) is 29.8 Å². The number of unbranched alkanes of at least 4 members (excludes halogenated alkanes) is 3. The van der Waals surface area contributed by atoms with Crippen molar-refractivity contribution >= 4 is 10.0 Å². The molecule has 0 unspecified atom stereocenters. The molecule has 2 N–H and O–H groups in total. The van der Waals surface area contributed by atoms with E-state index in [0.717, 1.165) is 12.8 Å². The molecule has 16 heavy (non-hydrogen) atoms. The second-order valence-electron chi connectivity index (χ2n) is 4.00. The van der Waals surface area contributed by atoms with E-state index in [9.17, 15) is 8.42 Å². The Hall–Kier alpha value is -0.870. The first-order valence-electron chi connectivity index (χ1n) is 5.66. The first-order chi connectivity index (χ1) is 7.54. The molecule has 4 heteroatoms. The Labute approximate surface area is 97.7 Å². The Kier molecular flexibility index (Phi) is 4.96. The average Bonchev–Trinajstić information content (AvgIpc) is 2.24. The highest BCUT2D eigenvalue weighted by molar-refractivity contribution is 7.89. The van der Waals surface area contributed by atoms with Crippen LogP contribution in [0.15, 0.2) is 29.2 Å². The lowest BCUT2D eigenvalue weighted by Crippen LogP contribution is -2.11. The van der Waals surface area contributed by atoms with Gasteiger partial charge in [-0.1, -0.05) is 38.3 Å². The van der Waals surface area contributed by atoms with E-state index in [1.54, 1.807) is 12.1 Å². The number of hydrogen-bond donors (Lipinski definition) is 1. The van der Waals surface area contributed by atoms with Crippen molar-refractivity contribution in [1.82, 2.24) is 0 Å². The molecule has 0 aliphatic carbocycles. The zero-order valence-corrected chi connectivity index (χ0v) is 10.5. The summed E-state index contributed by atoms with van der Waals surface area (Å²) in [7, 11) is -3.55. The maximum absolute atomic E-state index is 11.0. The monoisotopic (exact) mass is 241 g/mol. The van der Waals surface area contributed by atoms with Crippen LogP contribution in [0.3, 0.4) is 0 Å². The van der Waals surface area contributed by atoms with Gasteiger partial charge in [-0.2, -0.15) is 0 Å². The van der Waals surface area contributed by atoms with E-state index in [2.05, 4.69) is 6.92 Å². The normalized spacial score (nSPS) is 11.6. The number of nitrogens with two attached hydrogens (primary N) is 1. The van der Waals surface area contributed by atoms with Crippen LogP contribution in [0.25, 0.3) is 0 Å². The van der Waals surface area contributed by atoms with Crippen molar-refractivity contribution in [3.63, 3.8) is 0 Å². The van der Waals surface area contributed by atoms with Crippen LogP contribution in [-0.2, 0) is 16.4 Å². The van der Waals surface area contributed by atoms with E-state index in [4.69, 9.17) is 5.14 Å².